The van der Waals surface area contributed by atoms with Gasteiger partial charge in [-0.3, -0.25) is 0 Å². The second-order valence-corrected chi connectivity index (χ2v) is 11.1. The van der Waals surface area contributed by atoms with Crippen LogP contribution in [0.4, 0.5) is 18.9 Å². The Morgan fingerprint density at radius 2 is 1.44 bits per heavy atom. The highest BCUT2D eigenvalue weighted by molar-refractivity contribution is 7.90. The quantitative estimate of drug-likeness (QED) is 0.529. The molecule has 1 aliphatic carbocycles. The van der Waals surface area contributed by atoms with Gasteiger partial charge >= 0.3 is 6.18 Å². The summed E-state index contributed by atoms with van der Waals surface area (Å²) in [6, 6.07) is 12.0. The lowest BCUT2D eigenvalue weighted by Crippen LogP contribution is -2.39. The SMILES string of the molecule is CS(=O)(=O)c1ccc(O[C@H]2CC[C@H](OC3CCN(c4cccc(C(F)(F)F)c4)CC3)CC2)cc1. The van der Waals surface area contributed by atoms with Gasteiger partial charge in [0.25, 0.3) is 0 Å². The summed E-state index contributed by atoms with van der Waals surface area (Å²) in [4.78, 5) is 2.27. The monoisotopic (exact) mass is 497 g/mol. The molecule has 1 saturated carbocycles. The number of hydrogen-bond donors (Lipinski definition) is 0. The molecule has 1 aliphatic heterocycles. The molecule has 1 heterocycles. The van der Waals surface area contributed by atoms with E-state index in [1.54, 1.807) is 30.3 Å². The van der Waals surface area contributed by atoms with Gasteiger partial charge < -0.3 is 14.4 Å². The average molecular weight is 498 g/mol. The van der Waals surface area contributed by atoms with Gasteiger partial charge in [0.15, 0.2) is 9.84 Å². The van der Waals surface area contributed by atoms with Crippen molar-refractivity contribution in [1.82, 2.24) is 0 Å². The molecule has 2 fully saturated rings. The van der Waals surface area contributed by atoms with Crippen molar-refractivity contribution < 1.29 is 31.1 Å². The fraction of sp³-hybridized carbons (Fsp3) is 0.520. The highest BCUT2D eigenvalue weighted by Gasteiger charge is 2.32. The number of piperidine rings is 1. The Morgan fingerprint density at radius 3 is 2.03 bits per heavy atom. The standard InChI is InChI=1S/C25H30F3NO4S/c1-34(30,31)24-11-9-22(10-12-24)32-20-5-7-21(8-6-20)33-23-13-15-29(16-14-23)19-4-2-3-18(17-19)25(26,27)28/h2-4,9-12,17,20-21,23H,5-8,13-16H2,1H3/t20-,21-. The van der Waals surface area contributed by atoms with Crippen molar-refractivity contribution in [3.8, 4) is 5.75 Å². The van der Waals surface area contributed by atoms with Crippen molar-refractivity contribution in [2.24, 2.45) is 0 Å². The first kappa shape index (κ1) is 24.9. The molecule has 1 saturated heterocycles. The van der Waals surface area contributed by atoms with Crippen molar-refractivity contribution in [3.63, 3.8) is 0 Å². The fourth-order valence-corrected chi connectivity index (χ4v) is 5.28. The highest BCUT2D eigenvalue weighted by atomic mass is 32.2. The van der Waals surface area contributed by atoms with E-state index in [1.807, 2.05) is 4.90 Å². The largest absolute Gasteiger partial charge is 0.490 e. The van der Waals surface area contributed by atoms with Gasteiger partial charge in [-0.1, -0.05) is 6.07 Å². The maximum absolute atomic E-state index is 13.0. The molecule has 186 valence electrons. The number of nitrogens with zero attached hydrogens (tertiary/aromatic N) is 1. The second kappa shape index (κ2) is 10.2. The molecule has 4 rings (SSSR count). The van der Waals surface area contributed by atoms with E-state index in [9.17, 15) is 21.6 Å². The number of halogens is 3. The van der Waals surface area contributed by atoms with Crippen LogP contribution in [0.2, 0.25) is 0 Å². The van der Waals surface area contributed by atoms with Gasteiger partial charge in [0, 0.05) is 25.0 Å². The summed E-state index contributed by atoms with van der Waals surface area (Å²) in [5.74, 6) is 0.665. The summed E-state index contributed by atoms with van der Waals surface area (Å²) >= 11 is 0. The van der Waals surface area contributed by atoms with E-state index in [4.69, 9.17) is 9.47 Å². The smallest absolute Gasteiger partial charge is 0.416 e. The number of benzene rings is 2. The van der Waals surface area contributed by atoms with E-state index in [-0.39, 0.29) is 23.2 Å². The summed E-state index contributed by atoms with van der Waals surface area (Å²) in [7, 11) is -3.22. The molecule has 0 spiro atoms. The van der Waals surface area contributed by atoms with Crippen LogP contribution in [0.25, 0.3) is 0 Å². The Labute approximate surface area is 198 Å². The van der Waals surface area contributed by atoms with Crippen LogP contribution >= 0.6 is 0 Å². The van der Waals surface area contributed by atoms with Gasteiger partial charge in [0.2, 0.25) is 0 Å². The van der Waals surface area contributed by atoms with E-state index in [2.05, 4.69) is 0 Å². The maximum Gasteiger partial charge on any atom is 0.416 e. The number of hydrogen-bond acceptors (Lipinski definition) is 5. The third-order valence-electron chi connectivity index (χ3n) is 6.54. The second-order valence-electron chi connectivity index (χ2n) is 9.13. The Morgan fingerprint density at radius 1 is 0.853 bits per heavy atom. The van der Waals surface area contributed by atoms with Crippen LogP contribution in [0, 0.1) is 0 Å². The van der Waals surface area contributed by atoms with Crippen LogP contribution in [-0.2, 0) is 20.8 Å². The number of anilines is 1. The minimum atomic E-state index is -4.33. The maximum atomic E-state index is 13.0. The summed E-state index contributed by atoms with van der Waals surface area (Å²) < 4.78 is 74.5. The third-order valence-corrected chi connectivity index (χ3v) is 7.67. The number of sulfone groups is 1. The van der Waals surface area contributed by atoms with E-state index in [1.165, 1.54) is 18.4 Å². The molecule has 9 heteroatoms. The molecule has 0 bridgehead atoms. The van der Waals surface area contributed by atoms with Crippen LogP contribution < -0.4 is 9.64 Å². The van der Waals surface area contributed by atoms with Crippen molar-refractivity contribution in [1.29, 1.82) is 0 Å². The predicted molar refractivity (Wildman–Crippen MR) is 124 cm³/mol. The van der Waals surface area contributed by atoms with Crippen LogP contribution in [0.3, 0.4) is 0 Å². The van der Waals surface area contributed by atoms with Gasteiger partial charge in [-0.25, -0.2) is 8.42 Å². The first-order chi connectivity index (χ1) is 16.1. The van der Waals surface area contributed by atoms with Crippen molar-refractivity contribution in [2.45, 2.75) is 67.9 Å². The number of alkyl halides is 3. The lowest BCUT2D eigenvalue weighted by atomic mass is 9.94. The summed E-state index contributed by atoms with van der Waals surface area (Å²) in [5, 5.41) is 0. The van der Waals surface area contributed by atoms with Crippen molar-refractivity contribution in [3.05, 3.63) is 54.1 Å². The molecule has 2 aromatic carbocycles. The van der Waals surface area contributed by atoms with Gasteiger partial charge in [0.05, 0.1) is 28.8 Å². The first-order valence-electron chi connectivity index (χ1n) is 11.6. The van der Waals surface area contributed by atoms with Crippen LogP contribution in [0.5, 0.6) is 5.75 Å². The predicted octanol–water partition coefficient (Wildman–Crippen LogP) is 5.48. The first-order valence-corrected chi connectivity index (χ1v) is 13.5. The van der Waals surface area contributed by atoms with Crippen LogP contribution in [-0.4, -0.2) is 46.1 Å². The van der Waals surface area contributed by atoms with Crippen molar-refractivity contribution >= 4 is 15.5 Å². The van der Waals surface area contributed by atoms with Crippen LogP contribution in [0.15, 0.2) is 53.4 Å². The Bertz CT molecular complexity index is 1060. The molecular formula is C25H30F3NO4S. The minimum absolute atomic E-state index is 0.0756. The normalized spacial score (nSPS) is 22.5. The van der Waals surface area contributed by atoms with Gasteiger partial charge in [-0.05, 0) is 81.0 Å². The summed E-state index contributed by atoms with van der Waals surface area (Å²) in [6.45, 7) is 1.35. The summed E-state index contributed by atoms with van der Waals surface area (Å²) in [6.07, 6.45) is 2.29. The molecule has 2 aromatic rings. The van der Waals surface area contributed by atoms with E-state index in [0.29, 0.717) is 24.5 Å². The molecule has 0 aromatic heterocycles. The molecule has 0 atom stereocenters. The van der Waals surface area contributed by atoms with E-state index >= 15 is 0 Å². The van der Waals surface area contributed by atoms with Gasteiger partial charge in [-0.2, -0.15) is 13.2 Å². The van der Waals surface area contributed by atoms with Gasteiger partial charge in [0.1, 0.15) is 5.75 Å². The number of ether oxygens (including phenoxy) is 2. The molecule has 0 radical (unpaired) electrons. The highest BCUT2D eigenvalue weighted by Crippen LogP contribution is 2.33. The summed E-state index contributed by atoms with van der Waals surface area (Å²) in [5.41, 5.74) is -0.0100. The molecule has 0 N–H and O–H groups in total. The lowest BCUT2D eigenvalue weighted by molar-refractivity contribution is -0.137. The van der Waals surface area contributed by atoms with E-state index < -0.39 is 21.6 Å². The molecule has 2 aliphatic rings. The molecule has 5 nitrogen and oxygen atoms in total. The minimum Gasteiger partial charge on any atom is -0.490 e. The zero-order valence-electron chi connectivity index (χ0n) is 19.1. The lowest BCUT2D eigenvalue weighted by Gasteiger charge is -2.37. The fourth-order valence-electron chi connectivity index (χ4n) is 4.65. The topological polar surface area (TPSA) is 55.8 Å². The molecular weight excluding hydrogens is 467 g/mol. The molecule has 0 unspecified atom stereocenters. The Kier molecular flexibility index (Phi) is 7.42. The molecule has 34 heavy (non-hydrogen) atoms. The Balaban J connectivity index is 1.21. The third kappa shape index (κ3) is 6.44. The molecule has 0 amide bonds. The van der Waals surface area contributed by atoms with Crippen LogP contribution in [0.1, 0.15) is 44.1 Å². The zero-order chi connectivity index (χ0) is 24.3. The van der Waals surface area contributed by atoms with E-state index in [0.717, 1.165) is 44.6 Å². The Hall–Kier alpha value is -2.26. The van der Waals surface area contributed by atoms with Gasteiger partial charge in [-0.15, -0.1) is 0 Å². The van der Waals surface area contributed by atoms with Crippen molar-refractivity contribution in [2.75, 3.05) is 24.2 Å². The zero-order valence-corrected chi connectivity index (χ0v) is 19.9. The number of rotatable bonds is 6. The average Bonchev–Trinajstić information content (AvgIpc) is 2.80.